The lowest BCUT2D eigenvalue weighted by atomic mass is 9.94. The van der Waals surface area contributed by atoms with Gasteiger partial charge in [-0.25, -0.2) is 0 Å². The van der Waals surface area contributed by atoms with Crippen LogP contribution < -0.4 is 0 Å². The van der Waals surface area contributed by atoms with Crippen LogP contribution in [0, 0.1) is 5.92 Å². The van der Waals surface area contributed by atoms with E-state index < -0.39 is 5.97 Å². The number of carboxylic acid groups (broad SMARTS) is 1. The van der Waals surface area contributed by atoms with E-state index in [0.29, 0.717) is 37.6 Å². The number of nitrogens with zero attached hydrogens (tertiary/aromatic N) is 3. The maximum absolute atomic E-state index is 11.3. The first-order valence-electron chi connectivity index (χ1n) is 9.13. The Kier molecular flexibility index (Phi) is 4.98. The standard InChI is InChI=1S/C21H21N3O3/c25-21(26)17-11-13-24(14-12-17)18(15-7-3-1-4-8-15)20-22-19(23-27-20)16-9-5-2-6-10-16/h1-10,17-18H,11-14H2,(H,25,26). The van der Waals surface area contributed by atoms with E-state index in [0.717, 1.165) is 11.1 Å². The smallest absolute Gasteiger partial charge is 0.306 e. The summed E-state index contributed by atoms with van der Waals surface area (Å²) in [5.41, 5.74) is 1.97. The molecule has 1 saturated heterocycles. The minimum atomic E-state index is -0.713. The molecule has 1 aliphatic rings. The van der Waals surface area contributed by atoms with Gasteiger partial charge in [0.15, 0.2) is 0 Å². The molecule has 6 nitrogen and oxygen atoms in total. The molecule has 2 aromatic carbocycles. The van der Waals surface area contributed by atoms with E-state index in [2.05, 4.69) is 15.0 Å². The Morgan fingerprint density at radius 1 is 1.04 bits per heavy atom. The van der Waals surface area contributed by atoms with E-state index in [9.17, 15) is 9.90 Å². The second-order valence-electron chi connectivity index (χ2n) is 6.78. The van der Waals surface area contributed by atoms with Gasteiger partial charge in [0, 0.05) is 18.7 Å². The van der Waals surface area contributed by atoms with Crippen molar-refractivity contribution in [2.24, 2.45) is 5.92 Å². The molecule has 0 radical (unpaired) electrons. The van der Waals surface area contributed by atoms with Gasteiger partial charge in [-0.15, -0.1) is 0 Å². The molecule has 4 rings (SSSR count). The fourth-order valence-corrected chi connectivity index (χ4v) is 3.60. The quantitative estimate of drug-likeness (QED) is 0.746. The van der Waals surface area contributed by atoms with Gasteiger partial charge in [0.1, 0.15) is 6.04 Å². The van der Waals surface area contributed by atoms with E-state index in [1.54, 1.807) is 0 Å². The summed E-state index contributed by atoms with van der Waals surface area (Å²) in [6, 6.07) is 19.6. The fourth-order valence-electron chi connectivity index (χ4n) is 3.60. The van der Waals surface area contributed by atoms with E-state index in [4.69, 9.17) is 4.52 Å². The van der Waals surface area contributed by atoms with Crippen LogP contribution in [-0.4, -0.2) is 39.2 Å². The van der Waals surface area contributed by atoms with Crippen LogP contribution in [0.15, 0.2) is 65.2 Å². The number of likely N-dealkylation sites (tertiary alicyclic amines) is 1. The molecule has 138 valence electrons. The molecule has 1 atom stereocenters. The highest BCUT2D eigenvalue weighted by atomic mass is 16.5. The third kappa shape index (κ3) is 3.75. The van der Waals surface area contributed by atoms with Crippen LogP contribution >= 0.6 is 0 Å². The zero-order valence-electron chi connectivity index (χ0n) is 14.9. The van der Waals surface area contributed by atoms with Crippen LogP contribution in [0.1, 0.15) is 30.3 Å². The number of aromatic nitrogens is 2. The summed E-state index contributed by atoms with van der Waals surface area (Å²) in [6.45, 7) is 1.36. The second-order valence-corrected chi connectivity index (χ2v) is 6.78. The molecule has 1 unspecified atom stereocenters. The fraction of sp³-hybridized carbons (Fsp3) is 0.286. The third-order valence-electron chi connectivity index (χ3n) is 5.07. The molecule has 0 amide bonds. The van der Waals surface area contributed by atoms with Gasteiger partial charge in [0.2, 0.25) is 11.7 Å². The van der Waals surface area contributed by atoms with Gasteiger partial charge < -0.3 is 9.63 Å². The Hall–Kier alpha value is -2.99. The molecular formula is C21H21N3O3. The molecule has 6 heteroatoms. The Labute approximate surface area is 157 Å². The summed E-state index contributed by atoms with van der Waals surface area (Å²) in [6.07, 6.45) is 1.25. The molecular weight excluding hydrogens is 342 g/mol. The maximum Gasteiger partial charge on any atom is 0.306 e. The Balaban J connectivity index is 1.64. The lowest BCUT2D eigenvalue weighted by Gasteiger charge is -2.34. The molecule has 1 N–H and O–H groups in total. The first kappa shape index (κ1) is 17.4. The van der Waals surface area contributed by atoms with E-state index in [1.165, 1.54) is 0 Å². The van der Waals surface area contributed by atoms with Crippen molar-refractivity contribution in [2.45, 2.75) is 18.9 Å². The zero-order chi connectivity index (χ0) is 18.6. The van der Waals surface area contributed by atoms with Crippen molar-refractivity contribution in [1.82, 2.24) is 15.0 Å². The Morgan fingerprint density at radius 2 is 1.67 bits per heavy atom. The number of carboxylic acids is 1. The van der Waals surface area contributed by atoms with Crippen LogP contribution in [0.25, 0.3) is 11.4 Å². The number of benzene rings is 2. The number of piperidine rings is 1. The van der Waals surface area contributed by atoms with E-state index >= 15 is 0 Å². The van der Waals surface area contributed by atoms with Gasteiger partial charge in [-0.3, -0.25) is 9.69 Å². The average Bonchev–Trinajstić information content (AvgIpc) is 3.20. The maximum atomic E-state index is 11.3. The summed E-state index contributed by atoms with van der Waals surface area (Å²) in [7, 11) is 0. The molecule has 0 aliphatic carbocycles. The van der Waals surface area contributed by atoms with Crippen LogP contribution in [0.4, 0.5) is 0 Å². The van der Waals surface area contributed by atoms with Crippen molar-refractivity contribution in [3.63, 3.8) is 0 Å². The number of hydrogen-bond acceptors (Lipinski definition) is 5. The van der Waals surface area contributed by atoms with Crippen molar-refractivity contribution < 1.29 is 14.4 Å². The first-order chi connectivity index (χ1) is 13.2. The molecule has 27 heavy (non-hydrogen) atoms. The number of rotatable bonds is 5. The zero-order valence-corrected chi connectivity index (χ0v) is 14.9. The normalized spacial score (nSPS) is 16.9. The predicted octanol–water partition coefficient (Wildman–Crippen LogP) is 3.62. The molecule has 0 spiro atoms. The van der Waals surface area contributed by atoms with E-state index in [1.807, 2.05) is 60.7 Å². The highest BCUT2D eigenvalue weighted by Gasteiger charge is 2.33. The van der Waals surface area contributed by atoms with Crippen molar-refractivity contribution in [2.75, 3.05) is 13.1 Å². The molecule has 1 aliphatic heterocycles. The van der Waals surface area contributed by atoms with Crippen molar-refractivity contribution >= 4 is 5.97 Å². The van der Waals surface area contributed by atoms with Crippen molar-refractivity contribution in [3.05, 3.63) is 72.1 Å². The second kappa shape index (κ2) is 7.72. The average molecular weight is 363 g/mol. The van der Waals surface area contributed by atoms with Crippen molar-refractivity contribution in [1.29, 1.82) is 0 Å². The highest BCUT2D eigenvalue weighted by molar-refractivity contribution is 5.70. The monoisotopic (exact) mass is 363 g/mol. The summed E-state index contributed by atoms with van der Waals surface area (Å²) >= 11 is 0. The molecule has 0 bridgehead atoms. The van der Waals surface area contributed by atoms with Crippen LogP contribution in [0.5, 0.6) is 0 Å². The molecule has 1 aromatic heterocycles. The van der Waals surface area contributed by atoms with E-state index in [-0.39, 0.29) is 12.0 Å². The highest BCUT2D eigenvalue weighted by Crippen LogP contribution is 2.32. The van der Waals surface area contributed by atoms with Crippen LogP contribution in [0.2, 0.25) is 0 Å². The SMILES string of the molecule is O=C(O)C1CCN(C(c2ccccc2)c2nc(-c3ccccc3)no2)CC1. The number of carbonyl (C=O) groups is 1. The number of hydrogen-bond donors (Lipinski definition) is 1. The first-order valence-corrected chi connectivity index (χ1v) is 9.13. The summed E-state index contributed by atoms with van der Waals surface area (Å²) in [5, 5.41) is 13.4. The molecule has 2 heterocycles. The van der Waals surface area contributed by atoms with Gasteiger partial charge in [-0.05, 0) is 18.4 Å². The lowest BCUT2D eigenvalue weighted by Crippen LogP contribution is -2.39. The van der Waals surface area contributed by atoms with Crippen LogP contribution in [-0.2, 0) is 4.79 Å². The predicted molar refractivity (Wildman–Crippen MR) is 100.0 cm³/mol. The van der Waals surface area contributed by atoms with Gasteiger partial charge in [-0.1, -0.05) is 65.8 Å². The van der Waals surface area contributed by atoms with Crippen LogP contribution in [0.3, 0.4) is 0 Å². The number of aliphatic carboxylic acids is 1. The van der Waals surface area contributed by atoms with Gasteiger partial charge in [0.05, 0.1) is 5.92 Å². The van der Waals surface area contributed by atoms with Gasteiger partial charge in [0.25, 0.3) is 0 Å². The minimum absolute atomic E-state index is 0.175. The van der Waals surface area contributed by atoms with Gasteiger partial charge >= 0.3 is 5.97 Å². The summed E-state index contributed by atoms with van der Waals surface area (Å²) in [4.78, 5) is 18.2. The summed E-state index contributed by atoms with van der Waals surface area (Å²) in [5.74, 6) is 0.107. The largest absolute Gasteiger partial charge is 0.481 e. The summed E-state index contributed by atoms with van der Waals surface area (Å²) < 4.78 is 5.64. The molecule has 3 aromatic rings. The third-order valence-corrected chi connectivity index (χ3v) is 5.07. The topological polar surface area (TPSA) is 79.5 Å². The Bertz CT molecular complexity index is 887. The lowest BCUT2D eigenvalue weighted by molar-refractivity contribution is -0.143. The molecule has 0 saturated carbocycles. The minimum Gasteiger partial charge on any atom is -0.481 e. The van der Waals surface area contributed by atoms with Crippen molar-refractivity contribution in [3.8, 4) is 11.4 Å². The molecule has 1 fully saturated rings. The van der Waals surface area contributed by atoms with Gasteiger partial charge in [-0.2, -0.15) is 4.98 Å². The Morgan fingerprint density at radius 3 is 2.30 bits per heavy atom.